The molecule has 4 nitrogen and oxygen atoms in total. The quantitative estimate of drug-likeness (QED) is 0.131. The van der Waals surface area contributed by atoms with Crippen molar-refractivity contribution in [1.82, 2.24) is 0 Å². The Bertz CT molecular complexity index is 2780. The van der Waals surface area contributed by atoms with Gasteiger partial charge in [-0.05, 0) is 131 Å². The number of hydrogen-bond acceptors (Lipinski definition) is 4. The monoisotopic (exact) mass is 772 g/mol. The van der Waals surface area contributed by atoms with Crippen LogP contribution in [-0.2, 0) is 0 Å². The zero-order valence-corrected chi connectivity index (χ0v) is 32.8. The van der Waals surface area contributed by atoms with Crippen LogP contribution in [0.25, 0.3) is 32.7 Å². The molecule has 286 valence electrons. The largest absolute Gasteiger partial charge is 0.457 e. The third kappa shape index (κ3) is 7.53. The van der Waals surface area contributed by atoms with E-state index < -0.39 is 0 Å². The van der Waals surface area contributed by atoms with Gasteiger partial charge in [0.2, 0.25) is 0 Å². The fourth-order valence-corrected chi connectivity index (χ4v) is 7.84. The number of fused-ring (bicyclic) bond motifs is 2. The Labute approximate surface area is 350 Å². The van der Waals surface area contributed by atoms with Gasteiger partial charge in [0.05, 0.1) is 11.4 Å². The lowest BCUT2D eigenvalue weighted by atomic mass is 10.1. The molecule has 0 heterocycles. The maximum atomic E-state index is 6.32. The molecular weight excluding hydrogens is 733 g/mol. The second-order valence-electron chi connectivity index (χ2n) is 14.6. The molecule has 0 fully saturated rings. The van der Waals surface area contributed by atoms with Gasteiger partial charge in [-0.2, -0.15) is 0 Å². The molecule has 0 saturated carbocycles. The predicted octanol–water partition coefficient (Wildman–Crippen LogP) is 16.2. The number of anilines is 6. The minimum absolute atomic E-state index is 0.772. The van der Waals surface area contributed by atoms with Crippen LogP contribution in [0.1, 0.15) is 0 Å². The van der Waals surface area contributed by atoms with E-state index in [9.17, 15) is 0 Å². The summed E-state index contributed by atoms with van der Waals surface area (Å²) < 4.78 is 12.6. The molecular formula is C56H40N2O2. The summed E-state index contributed by atoms with van der Waals surface area (Å²) in [6, 6.07) is 83.8. The first kappa shape index (κ1) is 36.3. The molecule has 10 rings (SSSR count). The zero-order valence-electron chi connectivity index (χ0n) is 32.8. The van der Waals surface area contributed by atoms with Gasteiger partial charge in [0.1, 0.15) is 23.0 Å². The first-order chi connectivity index (χ1) is 29.7. The molecule has 0 bridgehead atoms. The highest BCUT2D eigenvalue weighted by Gasteiger charge is 2.17. The standard InChI is InChI=1S/C56H40N2O2/c1-3-17-45(18-4-1)57(55-23-11-15-43-13-7-9-21-53(43)55)47-29-37-51(38-30-47)59-49-33-25-41(26-34-49)42-27-35-50(36-28-42)60-52-39-31-48(32-40-52)58(46-19-5-2-6-20-46)56-24-12-16-44-14-8-10-22-54(44)56/h1-40H. The Balaban J connectivity index is 0.819. The van der Waals surface area contributed by atoms with Crippen LogP contribution in [0.2, 0.25) is 0 Å². The van der Waals surface area contributed by atoms with Crippen LogP contribution in [0.4, 0.5) is 34.1 Å². The number of benzene rings is 10. The summed E-state index contributed by atoms with van der Waals surface area (Å²) in [6.07, 6.45) is 0. The first-order valence-electron chi connectivity index (χ1n) is 20.2. The van der Waals surface area contributed by atoms with Gasteiger partial charge in [0.25, 0.3) is 0 Å². The lowest BCUT2D eigenvalue weighted by Crippen LogP contribution is -2.10. The van der Waals surface area contributed by atoms with Gasteiger partial charge in [-0.1, -0.05) is 133 Å². The summed E-state index contributed by atoms with van der Waals surface area (Å²) in [6.45, 7) is 0. The van der Waals surface area contributed by atoms with Crippen LogP contribution in [0, 0.1) is 0 Å². The van der Waals surface area contributed by atoms with E-state index in [0.717, 1.165) is 68.2 Å². The van der Waals surface area contributed by atoms with Crippen molar-refractivity contribution in [1.29, 1.82) is 0 Å². The van der Waals surface area contributed by atoms with Gasteiger partial charge in [-0.3, -0.25) is 0 Å². The Morgan fingerprint density at radius 3 is 0.917 bits per heavy atom. The van der Waals surface area contributed by atoms with Crippen molar-refractivity contribution in [3.63, 3.8) is 0 Å². The van der Waals surface area contributed by atoms with Gasteiger partial charge in [-0.25, -0.2) is 0 Å². The fourth-order valence-electron chi connectivity index (χ4n) is 7.84. The van der Waals surface area contributed by atoms with Gasteiger partial charge >= 0.3 is 0 Å². The highest BCUT2D eigenvalue weighted by molar-refractivity contribution is 6.00. The van der Waals surface area contributed by atoms with Crippen LogP contribution >= 0.6 is 0 Å². The molecule has 0 N–H and O–H groups in total. The van der Waals surface area contributed by atoms with Gasteiger partial charge in [-0.15, -0.1) is 0 Å². The average Bonchev–Trinajstić information content (AvgIpc) is 3.32. The van der Waals surface area contributed by atoms with E-state index in [1.54, 1.807) is 0 Å². The summed E-state index contributed by atoms with van der Waals surface area (Å²) in [7, 11) is 0. The zero-order chi connectivity index (χ0) is 40.1. The molecule has 0 aliphatic rings. The summed E-state index contributed by atoms with van der Waals surface area (Å²) in [4.78, 5) is 4.59. The molecule has 0 aliphatic carbocycles. The van der Waals surface area contributed by atoms with Gasteiger partial charge in [0, 0.05) is 33.5 Å². The molecule has 4 heteroatoms. The number of nitrogens with zero attached hydrogens (tertiary/aromatic N) is 2. The average molecular weight is 773 g/mol. The maximum absolute atomic E-state index is 6.32. The lowest BCUT2D eigenvalue weighted by Gasteiger charge is -2.27. The Morgan fingerprint density at radius 1 is 0.233 bits per heavy atom. The van der Waals surface area contributed by atoms with E-state index in [-0.39, 0.29) is 0 Å². The molecule has 60 heavy (non-hydrogen) atoms. The number of hydrogen-bond donors (Lipinski definition) is 0. The molecule has 0 aromatic heterocycles. The number of para-hydroxylation sites is 2. The van der Waals surface area contributed by atoms with Gasteiger partial charge < -0.3 is 19.3 Å². The Morgan fingerprint density at radius 2 is 0.533 bits per heavy atom. The number of ether oxygens (including phenoxy) is 2. The highest BCUT2D eigenvalue weighted by Crippen LogP contribution is 2.41. The fraction of sp³-hybridized carbons (Fsp3) is 0. The van der Waals surface area contributed by atoms with E-state index in [0.29, 0.717) is 0 Å². The highest BCUT2D eigenvalue weighted by atomic mass is 16.5. The van der Waals surface area contributed by atoms with E-state index >= 15 is 0 Å². The summed E-state index contributed by atoms with van der Waals surface area (Å²) in [5.74, 6) is 3.09. The topological polar surface area (TPSA) is 24.9 Å². The van der Waals surface area contributed by atoms with E-state index in [2.05, 4.69) is 192 Å². The molecule has 0 unspecified atom stereocenters. The van der Waals surface area contributed by atoms with Crippen molar-refractivity contribution < 1.29 is 9.47 Å². The first-order valence-corrected chi connectivity index (χ1v) is 20.2. The van der Waals surface area contributed by atoms with Crippen molar-refractivity contribution in [2.75, 3.05) is 9.80 Å². The Hall–Kier alpha value is -8.08. The van der Waals surface area contributed by atoms with E-state index in [1.165, 1.54) is 21.5 Å². The predicted molar refractivity (Wildman–Crippen MR) is 249 cm³/mol. The van der Waals surface area contributed by atoms with E-state index in [4.69, 9.17) is 9.47 Å². The van der Waals surface area contributed by atoms with Crippen LogP contribution in [0.3, 0.4) is 0 Å². The smallest absolute Gasteiger partial charge is 0.127 e. The van der Waals surface area contributed by atoms with Crippen LogP contribution < -0.4 is 19.3 Å². The number of rotatable bonds is 11. The molecule has 10 aromatic rings. The molecule has 10 aromatic carbocycles. The second kappa shape index (κ2) is 16.4. The normalized spacial score (nSPS) is 11.0. The molecule has 0 amide bonds. The van der Waals surface area contributed by atoms with Crippen molar-refractivity contribution in [2.24, 2.45) is 0 Å². The van der Waals surface area contributed by atoms with Crippen molar-refractivity contribution in [3.8, 4) is 34.1 Å². The summed E-state index contributed by atoms with van der Waals surface area (Å²) in [5, 5.41) is 4.80. The minimum atomic E-state index is 0.772. The van der Waals surface area contributed by atoms with Crippen LogP contribution in [0.15, 0.2) is 243 Å². The molecule has 0 saturated heterocycles. The summed E-state index contributed by atoms with van der Waals surface area (Å²) in [5.41, 5.74) is 8.73. The maximum Gasteiger partial charge on any atom is 0.127 e. The molecule has 0 atom stereocenters. The molecule has 0 aliphatic heterocycles. The third-order valence-corrected chi connectivity index (χ3v) is 10.7. The van der Waals surface area contributed by atoms with Crippen LogP contribution in [-0.4, -0.2) is 0 Å². The van der Waals surface area contributed by atoms with Crippen molar-refractivity contribution in [2.45, 2.75) is 0 Å². The minimum Gasteiger partial charge on any atom is -0.457 e. The Kier molecular flexibility index (Phi) is 9.92. The summed E-state index contributed by atoms with van der Waals surface area (Å²) >= 11 is 0. The van der Waals surface area contributed by atoms with Crippen LogP contribution in [0.5, 0.6) is 23.0 Å². The molecule has 0 spiro atoms. The molecule has 0 radical (unpaired) electrons. The third-order valence-electron chi connectivity index (χ3n) is 10.7. The lowest BCUT2D eigenvalue weighted by molar-refractivity contribution is 0.482. The SMILES string of the molecule is c1ccc(N(c2ccc(Oc3ccc(-c4ccc(Oc5ccc(N(c6ccccc6)c6cccc7ccccc67)cc5)cc4)cc3)cc2)c2cccc3ccccc23)cc1. The van der Waals surface area contributed by atoms with Crippen molar-refractivity contribution in [3.05, 3.63) is 243 Å². The van der Waals surface area contributed by atoms with E-state index in [1.807, 2.05) is 60.7 Å². The van der Waals surface area contributed by atoms with Gasteiger partial charge in [0.15, 0.2) is 0 Å². The second-order valence-corrected chi connectivity index (χ2v) is 14.6. The van der Waals surface area contributed by atoms with Crippen molar-refractivity contribution >= 4 is 55.7 Å².